The zero-order chi connectivity index (χ0) is 17.0. The van der Waals surface area contributed by atoms with Crippen LogP contribution in [0.1, 0.15) is 45.4 Å². The third-order valence-corrected chi connectivity index (χ3v) is 6.69. The SMILES string of the molecule is C[C@]12CC3=C(C=C1CCC1CCCC=C12)N(c1ccc(F)cc1)NC3. The topological polar surface area (TPSA) is 15.3 Å². The molecule has 0 bridgehead atoms. The predicted octanol–water partition coefficient (Wildman–Crippen LogP) is 5.26. The number of hydrazine groups is 1. The first-order valence-corrected chi connectivity index (χ1v) is 9.58. The number of anilines is 1. The van der Waals surface area contributed by atoms with Crippen LogP contribution in [0.4, 0.5) is 10.1 Å². The fourth-order valence-electron chi connectivity index (χ4n) is 5.40. The molecule has 1 N–H and O–H groups in total. The molecular weight excluding hydrogens is 311 g/mol. The van der Waals surface area contributed by atoms with Gasteiger partial charge in [-0.1, -0.05) is 24.1 Å². The summed E-state index contributed by atoms with van der Waals surface area (Å²) >= 11 is 0. The minimum Gasteiger partial charge on any atom is -0.277 e. The maximum atomic E-state index is 13.3. The highest BCUT2D eigenvalue weighted by molar-refractivity contribution is 5.60. The number of benzene rings is 1. The Morgan fingerprint density at radius 1 is 1.20 bits per heavy atom. The first kappa shape index (κ1) is 15.4. The minimum atomic E-state index is -0.186. The van der Waals surface area contributed by atoms with Gasteiger partial charge in [0.25, 0.3) is 0 Å². The largest absolute Gasteiger partial charge is 0.277 e. The number of allylic oxidation sites excluding steroid dienone is 4. The zero-order valence-electron chi connectivity index (χ0n) is 14.8. The smallest absolute Gasteiger partial charge is 0.123 e. The molecule has 2 nitrogen and oxygen atoms in total. The number of fused-ring (bicyclic) bond motifs is 3. The molecule has 2 atom stereocenters. The van der Waals surface area contributed by atoms with Gasteiger partial charge in [0.15, 0.2) is 0 Å². The van der Waals surface area contributed by atoms with Crippen LogP contribution in [0.2, 0.25) is 0 Å². The van der Waals surface area contributed by atoms with Gasteiger partial charge in [-0.25, -0.2) is 9.82 Å². The second-order valence-corrected chi connectivity index (χ2v) is 8.14. The van der Waals surface area contributed by atoms with Crippen LogP contribution in [0.25, 0.3) is 0 Å². The maximum absolute atomic E-state index is 13.3. The Morgan fingerprint density at radius 2 is 2.04 bits per heavy atom. The second kappa shape index (κ2) is 5.57. The molecule has 1 aromatic rings. The average Bonchev–Trinajstić information content (AvgIpc) is 3.02. The van der Waals surface area contributed by atoms with E-state index in [0.29, 0.717) is 0 Å². The molecule has 1 fully saturated rings. The molecule has 1 aromatic carbocycles. The van der Waals surface area contributed by atoms with Crippen LogP contribution in [0.3, 0.4) is 0 Å². The zero-order valence-corrected chi connectivity index (χ0v) is 14.8. The number of hydrogen-bond donors (Lipinski definition) is 1. The van der Waals surface area contributed by atoms with Crippen molar-refractivity contribution in [2.75, 3.05) is 11.6 Å². The molecule has 3 heteroatoms. The summed E-state index contributed by atoms with van der Waals surface area (Å²) in [5, 5.41) is 2.14. The van der Waals surface area contributed by atoms with E-state index in [1.807, 2.05) is 12.1 Å². The molecule has 3 aliphatic carbocycles. The quantitative estimate of drug-likeness (QED) is 0.704. The monoisotopic (exact) mass is 336 g/mol. The van der Waals surface area contributed by atoms with E-state index in [1.165, 1.54) is 55.5 Å². The van der Waals surface area contributed by atoms with Crippen molar-refractivity contribution in [2.45, 2.75) is 45.4 Å². The first-order chi connectivity index (χ1) is 12.1. The summed E-state index contributed by atoms with van der Waals surface area (Å²) in [6.45, 7) is 3.36. The molecular formula is C22H25FN2. The highest BCUT2D eigenvalue weighted by atomic mass is 19.1. The highest BCUT2D eigenvalue weighted by Crippen LogP contribution is 2.56. The summed E-state index contributed by atoms with van der Waals surface area (Å²) in [7, 11) is 0. The Labute approximate surface area is 149 Å². The van der Waals surface area contributed by atoms with Gasteiger partial charge in [-0.05, 0) is 80.4 Å². The Morgan fingerprint density at radius 3 is 2.88 bits per heavy atom. The van der Waals surface area contributed by atoms with Gasteiger partial charge < -0.3 is 0 Å². The fourth-order valence-corrected chi connectivity index (χ4v) is 5.40. The normalized spacial score (nSPS) is 31.1. The molecule has 1 unspecified atom stereocenters. The van der Waals surface area contributed by atoms with Crippen LogP contribution >= 0.6 is 0 Å². The van der Waals surface area contributed by atoms with Gasteiger partial charge in [0.05, 0.1) is 11.4 Å². The molecule has 25 heavy (non-hydrogen) atoms. The first-order valence-electron chi connectivity index (χ1n) is 9.58. The molecule has 0 amide bonds. The van der Waals surface area contributed by atoms with E-state index in [-0.39, 0.29) is 11.2 Å². The Balaban J connectivity index is 1.52. The number of nitrogens with one attached hydrogen (secondary N) is 1. The number of halogens is 1. The van der Waals surface area contributed by atoms with Crippen molar-refractivity contribution in [1.82, 2.24) is 5.43 Å². The number of hydrogen-bond acceptors (Lipinski definition) is 2. The molecule has 1 heterocycles. The lowest BCUT2D eigenvalue weighted by Gasteiger charge is -2.47. The van der Waals surface area contributed by atoms with Crippen molar-refractivity contribution in [2.24, 2.45) is 11.3 Å². The van der Waals surface area contributed by atoms with Crippen LogP contribution in [-0.4, -0.2) is 6.54 Å². The minimum absolute atomic E-state index is 0.186. The molecule has 1 saturated carbocycles. The van der Waals surface area contributed by atoms with Gasteiger partial charge in [-0.3, -0.25) is 5.01 Å². The lowest BCUT2D eigenvalue weighted by atomic mass is 9.57. The number of rotatable bonds is 1. The van der Waals surface area contributed by atoms with Crippen molar-refractivity contribution >= 4 is 5.69 Å². The van der Waals surface area contributed by atoms with E-state index in [1.54, 1.807) is 11.1 Å². The van der Waals surface area contributed by atoms with Crippen LogP contribution in [0, 0.1) is 17.2 Å². The average molecular weight is 336 g/mol. The Bertz CT molecular complexity index is 802. The Kier molecular flexibility index (Phi) is 3.43. The van der Waals surface area contributed by atoms with Gasteiger partial charge >= 0.3 is 0 Å². The lowest BCUT2D eigenvalue weighted by Crippen LogP contribution is -2.36. The maximum Gasteiger partial charge on any atom is 0.123 e. The summed E-state index contributed by atoms with van der Waals surface area (Å²) in [5.41, 5.74) is 10.8. The van der Waals surface area contributed by atoms with Crippen molar-refractivity contribution in [1.29, 1.82) is 0 Å². The van der Waals surface area contributed by atoms with Crippen LogP contribution in [-0.2, 0) is 0 Å². The van der Waals surface area contributed by atoms with E-state index in [9.17, 15) is 4.39 Å². The summed E-state index contributed by atoms with van der Waals surface area (Å²) < 4.78 is 13.3. The highest BCUT2D eigenvalue weighted by Gasteiger charge is 2.45. The van der Waals surface area contributed by atoms with E-state index >= 15 is 0 Å². The van der Waals surface area contributed by atoms with Crippen molar-refractivity contribution in [3.63, 3.8) is 0 Å². The van der Waals surface area contributed by atoms with E-state index in [0.717, 1.165) is 24.6 Å². The molecule has 0 saturated heterocycles. The molecule has 5 rings (SSSR count). The third kappa shape index (κ3) is 2.32. The van der Waals surface area contributed by atoms with Crippen molar-refractivity contribution in [3.8, 4) is 0 Å². The summed E-state index contributed by atoms with van der Waals surface area (Å²) in [4.78, 5) is 0. The van der Waals surface area contributed by atoms with Crippen LogP contribution in [0.5, 0.6) is 0 Å². The second-order valence-electron chi connectivity index (χ2n) is 8.14. The standard InChI is InChI=1S/C22H25FN2/c1-22-13-16-14-24-25(19-10-8-18(23)9-11-19)21(16)12-17(22)7-6-15-4-2-3-5-20(15)22/h5,8-12,15,24H,2-4,6-7,13-14H2,1H3/t15?,22-/m0/s1. The van der Waals surface area contributed by atoms with E-state index < -0.39 is 0 Å². The van der Waals surface area contributed by atoms with Gasteiger partial charge in [0.2, 0.25) is 0 Å². The van der Waals surface area contributed by atoms with Crippen molar-refractivity contribution in [3.05, 3.63) is 64.7 Å². The van der Waals surface area contributed by atoms with Gasteiger partial charge in [-0.15, -0.1) is 0 Å². The molecule has 0 aromatic heterocycles. The molecule has 4 aliphatic rings. The fraction of sp³-hybridized carbons (Fsp3) is 0.455. The molecule has 0 radical (unpaired) electrons. The molecule has 1 aliphatic heterocycles. The summed E-state index contributed by atoms with van der Waals surface area (Å²) in [5.74, 6) is 0.620. The van der Waals surface area contributed by atoms with Crippen molar-refractivity contribution < 1.29 is 4.39 Å². The van der Waals surface area contributed by atoms with Crippen LogP contribution < -0.4 is 10.4 Å². The number of nitrogens with zero attached hydrogens (tertiary/aromatic N) is 1. The molecule has 130 valence electrons. The van der Waals surface area contributed by atoms with Gasteiger partial charge in [0, 0.05) is 12.0 Å². The van der Waals surface area contributed by atoms with Gasteiger partial charge in [0.1, 0.15) is 5.82 Å². The van der Waals surface area contributed by atoms with E-state index in [2.05, 4.69) is 29.5 Å². The molecule has 0 spiro atoms. The Hall–Kier alpha value is -1.87. The summed E-state index contributed by atoms with van der Waals surface area (Å²) in [6.07, 6.45) is 12.6. The third-order valence-electron chi connectivity index (χ3n) is 6.69. The van der Waals surface area contributed by atoms with Crippen LogP contribution in [0.15, 0.2) is 58.8 Å². The lowest BCUT2D eigenvalue weighted by molar-refractivity contribution is 0.303. The summed E-state index contributed by atoms with van der Waals surface area (Å²) in [6, 6.07) is 6.78. The van der Waals surface area contributed by atoms with Gasteiger partial charge in [-0.2, -0.15) is 0 Å². The predicted molar refractivity (Wildman–Crippen MR) is 99.4 cm³/mol. The van der Waals surface area contributed by atoms with E-state index in [4.69, 9.17) is 0 Å².